The Morgan fingerprint density at radius 3 is 2.53 bits per heavy atom. The van der Waals surface area contributed by atoms with Gasteiger partial charge in [0.25, 0.3) is 0 Å². The van der Waals surface area contributed by atoms with Gasteiger partial charge in [0.1, 0.15) is 11.5 Å². The highest BCUT2D eigenvalue weighted by atomic mass is 19.3. The van der Waals surface area contributed by atoms with E-state index in [9.17, 15) is 13.6 Å². The Balaban J connectivity index is 1.76. The SMILES string of the molecule is CC(N)=CC(=Nc1ccccc1)c1nn(-c2ccc(-c3cnn(C(F)F)c3)cc2F)ccc1=O. The smallest absolute Gasteiger partial charge is 0.333 e. The van der Waals surface area contributed by atoms with E-state index in [2.05, 4.69) is 15.2 Å². The number of halogens is 3. The topological polar surface area (TPSA) is 91.1 Å². The number of allylic oxidation sites excluding steroid dienone is 2. The lowest BCUT2D eigenvalue weighted by molar-refractivity contribution is 0.0566. The summed E-state index contributed by atoms with van der Waals surface area (Å²) in [5, 5.41) is 7.86. The molecule has 2 heterocycles. The van der Waals surface area contributed by atoms with E-state index >= 15 is 4.39 Å². The molecule has 0 aliphatic rings. The van der Waals surface area contributed by atoms with Crippen LogP contribution in [0.5, 0.6) is 0 Å². The molecule has 0 aliphatic heterocycles. The van der Waals surface area contributed by atoms with Gasteiger partial charge in [-0.2, -0.15) is 19.0 Å². The molecule has 0 radical (unpaired) electrons. The van der Waals surface area contributed by atoms with Crippen LogP contribution in [0.4, 0.5) is 18.9 Å². The van der Waals surface area contributed by atoms with Crippen molar-refractivity contribution in [2.75, 3.05) is 0 Å². The van der Waals surface area contributed by atoms with Crippen LogP contribution in [0.3, 0.4) is 0 Å². The standard InChI is InChI=1S/C24H19F3N6O/c1-15(28)11-20(30-18-5-3-2-4-6-18)23-22(34)9-10-32(31-23)21-8-7-16(12-19(21)25)17-13-29-33(14-17)24(26)27/h2-14,24H,28H2,1H3. The van der Waals surface area contributed by atoms with Crippen molar-refractivity contribution in [3.05, 3.63) is 107 Å². The van der Waals surface area contributed by atoms with Gasteiger partial charge in [0.05, 0.1) is 17.6 Å². The summed E-state index contributed by atoms with van der Waals surface area (Å²) in [4.78, 5) is 17.1. The molecule has 2 aromatic carbocycles. The van der Waals surface area contributed by atoms with E-state index in [0.29, 0.717) is 27.2 Å². The quantitative estimate of drug-likeness (QED) is 0.422. The van der Waals surface area contributed by atoms with Gasteiger partial charge < -0.3 is 5.73 Å². The monoisotopic (exact) mass is 464 g/mol. The molecule has 10 heteroatoms. The van der Waals surface area contributed by atoms with Gasteiger partial charge in [0.2, 0.25) is 5.43 Å². The van der Waals surface area contributed by atoms with Crippen LogP contribution in [-0.4, -0.2) is 25.3 Å². The molecule has 0 spiro atoms. The minimum Gasteiger partial charge on any atom is -0.402 e. The normalized spacial score (nSPS) is 12.4. The fourth-order valence-corrected chi connectivity index (χ4v) is 3.20. The number of aliphatic imine (C=N–C) groups is 1. The second kappa shape index (κ2) is 9.57. The Hall–Kier alpha value is -4.47. The molecule has 4 rings (SSSR count). The predicted octanol–water partition coefficient (Wildman–Crippen LogP) is 4.61. The van der Waals surface area contributed by atoms with Gasteiger partial charge in [-0.25, -0.2) is 18.7 Å². The molecule has 0 atom stereocenters. The predicted molar refractivity (Wildman–Crippen MR) is 123 cm³/mol. The Bertz CT molecular complexity index is 1440. The minimum absolute atomic E-state index is 0.0159. The zero-order valence-electron chi connectivity index (χ0n) is 17.9. The maximum Gasteiger partial charge on any atom is 0.333 e. The fraction of sp³-hybridized carbons (Fsp3) is 0.0833. The highest BCUT2D eigenvalue weighted by molar-refractivity contribution is 6.08. The first-order valence-electron chi connectivity index (χ1n) is 10.1. The highest BCUT2D eigenvalue weighted by Crippen LogP contribution is 2.24. The average Bonchev–Trinajstić information content (AvgIpc) is 3.30. The molecule has 0 fully saturated rings. The number of aromatic nitrogens is 4. The lowest BCUT2D eigenvalue weighted by Gasteiger charge is -2.10. The van der Waals surface area contributed by atoms with Crippen LogP contribution in [0, 0.1) is 5.82 Å². The molecule has 2 aromatic heterocycles. The third-order valence-corrected chi connectivity index (χ3v) is 4.75. The van der Waals surface area contributed by atoms with E-state index in [1.165, 1.54) is 41.4 Å². The summed E-state index contributed by atoms with van der Waals surface area (Å²) in [6.07, 6.45) is 5.20. The van der Waals surface area contributed by atoms with Crippen molar-refractivity contribution < 1.29 is 13.2 Å². The van der Waals surface area contributed by atoms with Gasteiger partial charge in [0.15, 0.2) is 5.69 Å². The molecule has 34 heavy (non-hydrogen) atoms. The average molecular weight is 464 g/mol. The summed E-state index contributed by atoms with van der Waals surface area (Å²) in [5.74, 6) is -0.670. The van der Waals surface area contributed by atoms with Crippen LogP contribution in [0.2, 0.25) is 0 Å². The van der Waals surface area contributed by atoms with Gasteiger partial charge in [-0.3, -0.25) is 4.79 Å². The molecule has 0 saturated heterocycles. The minimum atomic E-state index is -2.79. The summed E-state index contributed by atoms with van der Waals surface area (Å²) >= 11 is 0. The maximum atomic E-state index is 15.0. The van der Waals surface area contributed by atoms with Crippen LogP contribution in [-0.2, 0) is 0 Å². The van der Waals surface area contributed by atoms with E-state index in [4.69, 9.17) is 5.73 Å². The first-order chi connectivity index (χ1) is 16.3. The third kappa shape index (κ3) is 4.96. The molecule has 0 bridgehead atoms. The number of benzene rings is 2. The van der Waals surface area contributed by atoms with Crippen LogP contribution < -0.4 is 11.2 Å². The van der Waals surface area contributed by atoms with Gasteiger partial charge in [0, 0.05) is 29.7 Å². The van der Waals surface area contributed by atoms with Gasteiger partial charge >= 0.3 is 6.55 Å². The van der Waals surface area contributed by atoms with E-state index in [0.717, 1.165) is 6.20 Å². The number of rotatable bonds is 6. The molecule has 0 saturated carbocycles. The summed E-state index contributed by atoms with van der Waals surface area (Å²) in [6, 6.07) is 14.4. The first kappa shape index (κ1) is 22.7. The lowest BCUT2D eigenvalue weighted by Crippen LogP contribution is -2.21. The molecule has 4 aromatic rings. The van der Waals surface area contributed by atoms with Crippen molar-refractivity contribution in [2.24, 2.45) is 10.7 Å². The van der Waals surface area contributed by atoms with Crippen LogP contribution in [0.25, 0.3) is 16.8 Å². The summed E-state index contributed by atoms with van der Waals surface area (Å²) in [6.45, 7) is -1.14. The largest absolute Gasteiger partial charge is 0.402 e. The van der Waals surface area contributed by atoms with E-state index in [1.807, 2.05) is 6.07 Å². The number of alkyl halides is 2. The number of nitrogens with zero attached hydrogens (tertiary/aromatic N) is 5. The van der Waals surface area contributed by atoms with Crippen molar-refractivity contribution in [3.8, 4) is 16.8 Å². The van der Waals surface area contributed by atoms with Crippen molar-refractivity contribution >= 4 is 11.4 Å². The van der Waals surface area contributed by atoms with Crippen molar-refractivity contribution in [3.63, 3.8) is 0 Å². The maximum absolute atomic E-state index is 15.0. The zero-order chi connectivity index (χ0) is 24.2. The molecular weight excluding hydrogens is 445 g/mol. The van der Waals surface area contributed by atoms with Gasteiger partial charge in [-0.05, 0) is 42.8 Å². The Kier molecular flexibility index (Phi) is 6.39. The lowest BCUT2D eigenvalue weighted by atomic mass is 10.1. The molecule has 0 unspecified atom stereocenters. The summed E-state index contributed by atoms with van der Waals surface area (Å²) in [5.41, 5.74) is 7.37. The number of para-hydroxylation sites is 1. The van der Waals surface area contributed by atoms with Crippen LogP contribution in [0.1, 0.15) is 19.2 Å². The van der Waals surface area contributed by atoms with Crippen molar-refractivity contribution in [1.29, 1.82) is 0 Å². The number of hydrogen-bond donors (Lipinski definition) is 1. The number of hydrogen-bond acceptors (Lipinski definition) is 5. The first-order valence-corrected chi connectivity index (χ1v) is 10.1. The van der Waals surface area contributed by atoms with Crippen LogP contribution >= 0.6 is 0 Å². The molecule has 0 amide bonds. The van der Waals surface area contributed by atoms with E-state index in [-0.39, 0.29) is 17.1 Å². The Morgan fingerprint density at radius 1 is 1.12 bits per heavy atom. The van der Waals surface area contributed by atoms with E-state index < -0.39 is 17.8 Å². The summed E-state index contributed by atoms with van der Waals surface area (Å²) in [7, 11) is 0. The fourth-order valence-electron chi connectivity index (χ4n) is 3.20. The molecule has 2 N–H and O–H groups in total. The zero-order valence-corrected chi connectivity index (χ0v) is 17.9. The molecule has 7 nitrogen and oxygen atoms in total. The van der Waals surface area contributed by atoms with Crippen LogP contribution in [0.15, 0.2) is 94.7 Å². The molecule has 172 valence electrons. The second-order valence-corrected chi connectivity index (χ2v) is 7.35. The van der Waals surface area contributed by atoms with Gasteiger partial charge in [-0.15, -0.1) is 0 Å². The third-order valence-electron chi connectivity index (χ3n) is 4.75. The van der Waals surface area contributed by atoms with Crippen molar-refractivity contribution in [2.45, 2.75) is 13.5 Å². The Labute approximate surface area is 192 Å². The van der Waals surface area contributed by atoms with Crippen molar-refractivity contribution in [1.82, 2.24) is 19.6 Å². The highest BCUT2D eigenvalue weighted by Gasteiger charge is 2.14. The Morgan fingerprint density at radius 2 is 1.88 bits per heavy atom. The molecular formula is C24H19F3N6O. The summed E-state index contributed by atoms with van der Waals surface area (Å²) < 4.78 is 42.3. The van der Waals surface area contributed by atoms with E-state index in [1.54, 1.807) is 37.3 Å². The number of nitrogens with two attached hydrogens (primary N) is 1. The van der Waals surface area contributed by atoms with Gasteiger partial charge in [-0.1, -0.05) is 24.3 Å². The second-order valence-electron chi connectivity index (χ2n) is 7.35. The molecule has 0 aliphatic carbocycles.